The van der Waals surface area contributed by atoms with Gasteiger partial charge in [-0.3, -0.25) is 9.78 Å². The molecule has 0 radical (unpaired) electrons. The molecule has 2 aromatic carbocycles. The van der Waals surface area contributed by atoms with Crippen LogP contribution in [-0.4, -0.2) is 40.1 Å². The van der Waals surface area contributed by atoms with Crippen molar-refractivity contribution in [3.05, 3.63) is 65.4 Å². The molecule has 7 heteroatoms. The fourth-order valence-electron chi connectivity index (χ4n) is 3.19. The van der Waals surface area contributed by atoms with Gasteiger partial charge in [0.15, 0.2) is 0 Å². The predicted molar refractivity (Wildman–Crippen MR) is 120 cm³/mol. The summed E-state index contributed by atoms with van der Waals surface area (Å²) in [4.78, 5) is 18.0. The molecule has 1 unspecified atom stereocenters. The highest BCUT2D eigenvalue weighted by Gasteiger charge is 2.13. The van der Waals surface area contributed by atoms with Crippen molar-refractivity contribution in [2.75, 3.05) is 20.7 Å². The van der Waals surface area contributed by atoms with Gasteiger partial charge in [-0.1, -0.05) is 19.1 Å². The van der Waals surface area contributed by atoms with Crippen LogP contribution in [0.3, 0.4) is 0 Å². The molecule has 158 valence electrons. The van der Waals surface area contributed by atoms with Crippen LogP contribution in [-0.2, 0) is 17.5 Å². The monoisotopic (exact) mass is 425 g/mol. The van der Waals surface area contributed by atoms with Crippen molar-refractivity contribution in [2.45, 2.75) is 31.7 Å². The molecule has 1 aromatic heterocycles. The van der Waals surface area contributed by atoms with Crippen molar-refractivity contribution < 1.29 is 13.7 Å². The molecular weight excluding hydrogens is 398 g/mol. The Hall–Kier alpha value is -2.77. The number of carbonyl (C=O) groups is 1. The largest absolute Gasteiger partial charge is 0.497 e. The molecule has 0 aliphatic carbocycles. The maximum atomic E-state index is 12.7. The minimum absolute atomic E-state index is 0.181. The van der Waals surface area contributed by atoms with Gasteiger partial charge in [0.2, 0.25) is 0 Å². The van der Waals surface area contributed by atoms with E-state index in [4.69, 9.17) is 4.74 Å². The molecule has 0 aliphatic rings. The second-order valence-corrected chi connectivity index (χ2v) is 8.70. The van der Waals surface area contributed by atoms with Gasteiger partial charge in [0.1, 0.15) is 16.7 Å². The standard InChI is InChI=1S/C23H27N3O3S/c1-5-12-26(3)30(28)20-9-6-17(7-10-20)15-24-23(27)21-14-18-13-19(29-4)8-11-22(18)25-16(21)2/h6-11,13-14H,5,12,15H2,1-4H3,(H,24,27). The van der Waals surface area contributed by atoms with E-state index < -0.39 is 11.0 Å². The van der Waals surface area contributed by atoms with Gasteiger partial charge in [-0.15, -0.1) is 0 Å². The molecule has 1 amide bonds. The number of nitrogens with zero attached hydrogens (tertiary/aromatic N) is 2. The van der Waals surface area contributed by atoms with Crippen LogP contribution < -0.4 is 10.1 Å². The molecule has 0 bridgehead atoms. The summed E-state index contributed by atoms with van der Waals surface area (Å²) < 4.78 is 19.5. The molecule has 0 saturated heterocycles. The molecule has 0 aliphatic heterocycles. The van der Waals surface area contributed by atoms with E-state index in [1.807, 2.05) is 66.8 Å². The van der Waals surface area contributed by atoms with E-state index in [9.17, 15) is 9.00 Å². The molecule has 1 N–H and O–H groups in total. The Morgan fingerprint density at radius 2 is 1.90 bits per heavy atom. The Labute approximate surface area is 179 Å². The summed E-state index contributed by atoms with van der Waals surface area (Å²) in [6.45, 7) is 5.04. The summed E-state index contributed by atoms with van der Waals surface area (Å²) in [6.07, 6.45) is 0.947. The Morgan fingerprint density at radius 1 is 1.17 bits per heavy atom. The summed E-state index contributed by atoms with van der Waals surface area (Å²) in [5.41, 5.74) is 2.97. The number of benzene rings is 2. The number of aryl methyl sites for hydroxylation is 1. The third-order valence-corrected chi connectivity index (χ3v) is 6.28. The second-order valence-electron chi connectivity index (χ2n) is 7.11. The summed E-state index contributed by atoms with van der Waals surface area (Å²) in [7, 11) is 2.29. The Kier molecular flexibility index (Phi) is 7.18. The zero-order valence-electron chi connectivity index (χ0n) is 17.8. The minimum atomic E-state index is -1.17. The second kappa shape index (κ2) is 9.82. The first-order valence-electron chi connectivity index (χ1n) is 9.88. The van der Waals surface area contributed by atoms with Crippen molar-refractivity contribution in [3.8, 4) is 5.75 Å². The number of amides is 1. The van der Waals surface area contributed by atoms with E-state index in [1.165, 1.54) is 0 Å². The van der Waals surface area contributed by atoms with Crippen LogP contribution >= 0.6 is 0 Å². The number of hydrogen-bond donors (Lipinski definition) is 1. The van der Waals surface area contributed by atoms with Gasteiger partial charge >= 0.3 is 0 Å². The first-order valence-corrected chi connectivity index (χ1v) is 11.0. The molecule has 30 heavy (non-hydrogen) atoms. The zero-order valence-corrected chi connectivity index (χ0v) is 18.6. The van der Waals surface area contributed by atoms with E-state index in [2.05, 4.69) is 17.2 Å². The number of aromatic nitrogens is 1. The molecular formula is C23H27N3O3S. The lowest BCUT2D eigenvalue weighted by atomic mass is 10.1. The smallest absolute Gasteiger partial charge is 0.253 e. The summed E-state index contributed by atoms with van der Waals surface area (Å²) >= 11 is 0. The van der Waals surface area contributed by atoms with Gasteiger partial charge < -0.3 is 10.1 Å². The summed E-state index contributed by atoms with van der Waals surface area (Å²) in [5.74, 6) is 0.543. The van der Waals surface area contributed by atoms with Crippen LogP contribution in [0, 0.1) is 6.92 Å². The van der Waals surface area contributed by atoms with Gasteiger partial charge in [-0.05, 0) is 55.3 Å². The van der Waals surface area contributed by atoms with Gasteiger partial charge in [-0.2, -0.15) is 0 Å². The molecule has 0 saturated carbocycles. The van der Waals surface area contributed by atoms with E-state index in [0.717, 1.165) is 40.1 Å². The number of hydrogen-bond acceptors (Lipinski definition) is 4. The maximum Gasteiger partial charge on any atom is 0.253 e. The van der Waals surface area contributed by atoms with E-state index >= 15 is 0 Å². The summed E-state index contributed by atoms with van der Waals surface area (Å²) in [5, 5.41) is 3.80. The SMILES string of the molecule is CCCN(C)S(=O)c1ccc(CNC(=O)c2cc3cc(OC)ccc3nc2C)cc1. The maximum absolute atomic E-state index is 12.7. The van der Waals surface area contributed by atoms with Gasteiger partial charge in [0.05, 0.1) is 28.8 Å². The Morgan fingerprint density at radius 3 is 2.57 bits per heavy atom. The third kappa shape index (κ3) is 5.04. The topological polar surface area (TPSA) is 71.5 Å². The lowest BCUT2D eigenvalue weighted by Gasteiger charge is -2.15. The highest BCUT2D eigenvalue weighted by molar-refractivity contribution is 7.82. The van der Waals surface area contributed by atoms with E-state index in [-0.39, 0.29) is 5.91 Å². The minimum Gasteiger partial charge on any atom is -0.497 e. The third-order valence-electron chi connectivity index (χ3n) is 4.86. The normalized spacial score (nSPS) is 12.2. The number of carbonyl (C=O) groups excluding carboxylic acids is 1. The van der Waals surface area contributed by atoms with Crippen LogP contribution in [0.4, 0.5) is 0 Å². The van der Waals surface area contributed by atoms with Crippen molar-refractivity contribution in [2.24, 2.45) is 0 Å². The van der Waals surface area contributed by atoms with E-state index in [0.29, 0.717) is 17.8 Å². The number of ether oxygens (including phenoxy) is 1. The zero-order chi connectivity index (χ0) is 21.7. The fourth-order valence-corrected chi connectivity index (χ4v) is 4.26. The van der Waals surface area contributed by atoms with Crippen LogP contribution in [0.2, 0.25) is 0 Å². The number of pyridine rings is 1. The average molecular weight is 426 g/mol. The summed E-state index contributed by atoms with van der Waals surface area (Å²) in [6, 6.07) is 14.9. The van der Waals surface area contributed by atoms with Gasteiger partial charge in [0.25, 0.3) is 5.91 Å². The van der Waals surface area contributed by atoms with Crippen LogP contribution in [0.1, 0.15) is 35.0 Å². The molecule has 0 spiro atoms. The first kappa shape index (κ1) is 21.9. The number of methoxy groups -OCH3 is 1. The number of nitrogens with one attached hydrogen (secondary N) is 1. The van der Waals surface area contributed by atoms with Gasteiger partial charge in [0, 0.05) is 25.5 Å². The van der Waals surface area contributed by atoms with Crippen molar-refractivity contribution in [3.63, 3.8) is 0 Å². The lowest BCUT2D eigenvalue weighted by molar-refractivity contribution is 0.0950. The highest BCUT2D eigenvalue weighted by atomic mass is 32.2. The molecule has 1 heterocycles. The quantitative estimate of drug-likeness (QED) is 0.595. The lowest BCUT2D eigenvalue weighted by Crippen LogP contribution is -2.24. The predicted octanol–water partition coefficient (Wildman–Crippen LogP) is 3.85. The van der Waals surface area contributed by atoms with Crippen LogP contribution in [0.15, 0.2) is 53.4 Å². The van der Waals surface area contributed by atoms with Crippen molar-refractivity contribution in [1.82, 2.24) is 14.6 Å². The molecule has 3 rings (SSSR count). The van der Waals surface area contributed by atoms with Crippen LogP contribution in [0.5, 0.6) is 5.75 Å². The van der Waals surface area contributed by atoms with E-state index in [1.54, 1.807) is 7.11 Å². The fraction of sp³-hybridized carbons (Fsp3) is 0.304. The molecule has 0 fully saturated rings. The number of rotatable bonds is 8. The Bertz CT molecular complexity index is 1070. The van der Waals surface area contributed by atoms with Crippen LogP contribution in [0.25, 0.3) is 10.9 Å². The van der Waals surface area contributed by atoms with Gasteiger partial charge in [-0.25, -0.2) is 8.51 Å². The van der Waals surface area contributed by atoms with Crippen molar-refractivity contribution in [1.29, 1.82) is 0 Å². The average Bonchev–Trinajstić information content (AvgIpc) is 2.76. The van der Waals surface area contributed by atoms with Crippen molar-refractivity contribution >= 4 is 27.8 Å². The molecule has 3 aromatic rings. The molecule has 1 atom stereocenters. The highest BCUT2D eigenvalue weighted by Crippen LogP contribution is 2.22. The number of fused-ring (bicyclic) bond motifs is 1. The molecule has 6 nitrogen and oxygen atoms in total. The first-order chi connectivity index (χ1) is 14.4. The Balaban J connectivity index is 1.69.